The van der Waals surface area contributed by atoms with Crippen LogP contribution in [0.25, 0.3) is 22.4 Å². The summed E-state index contributed by atoms with van der Waals surface area (Å²) in [4.78, 5) is 12.5. The molecule has 5 heteroatoms. The number of hydrogen-bond donors (Lipinski definition) is 1. The number of fused-ring (bicyclic) bond motifs is 1. The molecular weight excluding hydrogens is 270 g/mol. The molecule has 0 aliphatic carbocycles. The van der Waals surface area contributed by atoms with Crippen LogP contribution < -0.4 is 0 Å². The third-order valence-corrected chi connectivity index (χ3v) is 4.12. The highest BCUT2D eigenvalue weighted by Crippen LogP contribution is 2.21. The molecule has 1 unspecified atom stereocenters. The van der Waals surface area contributed by atoms with Gasteiger partial charge in [0.15, 0.2) is 10.6 Å². The van der Waals surface area contributed by atoms with Crippen molar-refractivity contribution in [2.45, 2.75) is 4.90 Å². The zero-order valence-electron chi connectivity index (χ0n) is 10.5. The van der Waals surface area contributed by atoms with E-state index in [1.807, 2.05) is 30.3 Å². The molecular formula is C15H11N3OS. The van der Waals surface area contributed by atoms with Gasteiger partial charge in [0.2, 0.25) is 0 Å². The lowest BCUT2D eigenvalue weighted by Crippen LogP contribution is -2.04. The number of imidazole rings is 1. The third-order valence-electron chi connectivity index (χ3n) is 2.89. The van der Waals surface area contributed by atoms with Gasteiger partial charge in [-0.25, -0.2) is 4.98 Å². The first-order chi connectivity index (χ1) is 9.78. The molecule has 1 atom stereocenters. The number of nitrogens with zero attached hydrogens (tertiary/aromatic N) is 2. The zero-order chi connectivity index (χ0) is 13.9. The maximum absolute atomic E-state index is 11.8. The van der Waals surface area contributed by atoms with E-state index in [0.29, 0.717) is 0 Å². The Kier molecular flexibility index (Phi) is 3.42. The molecule has 1 aromatic carbocycles. The first-order valence-electron chi connectivity index (χ1n) is 6.00. The highest BCUT2D eigenvalue weighted by Gasteiger charge is 2.10. The fourth-order valence-electron chi connectivity index (χ4n) is 1.92. The summed E-state index contributed by atoms with van der Waals surface area (Å²) in [5.74, 6) is 3.40. The van der Waals surface area contributed by atoms with E-state index in [1.54, 1.807) is 12.4 Å². The Morgan fingerprint density at radius 1 is 1.25 bits per heavy atom. The van der Waals surface area contributed by atoms with Gasteiger partial charge in [-0.1, -0.05) is 5.92 Å². The Morgan fingerprint density at radius 3 is 2.75 bits per heavy atom. The normalized spacial score (nSPS) is 12.2. The van der Waals surface area contributed by atoms with E-state index in [4.69, 9.17) is 6.42 Å². The molecule has 0 aliphatic rings. The van der Waals surface area contributed by atoms with E-state index in [1.165, 1.54) is 0 Å². The first-order valence-corrected chi connectivity index (χ1v) is 7.32. The molecule has 0 fully saturated rings. The highest BCUT2D eigenvalue weighted by molar-refractivity contribution is 7.91. The van der Waals surface area contributed by atoms with Gasteiger partial charge in [-0.15, -0.1) is 6.42 Å². The number of aromatic nitrogens is 3. The van der Waals surface area contributed by atoms with E-state index in [-0.39, 0.29) is 5.75 Å². The summed E-state index contributed by atoms with van der Waals surface area (Å²) in [6, 6.07) is 9.27. The van der Waals surface area contributed by atoms with Gasteiger partial charge >= 0.3 is 0 Å². The van der Waals surface area contributed by atoms with Gasteiger partial charge in [-0.2, -0.15) is 0 Å². The molecule has 20 heavy (non-hydrogen) atoms. The second-order valence-electron chi connectivity index (χ2n) is 4.20. The van der Waals surface area contributed by atoms with Crippen LogP contribution in [-0.4, -0.2) is 25.3 Å². The number of aromatic amines is 1. The molecule has 0 spiro atoms. The van der Waals surface area contributed by atoms with E-state index in [2.05, 4.69) is 20.9 Å². The Bertz CT molecular complexity index is 741. The van der Waals surface area contributed by atoms with Gasteiger partial charge in [-0.05, 0) is 41.5 Å². The molecule has 0 amide bonds. The van der Waals surface area contributed by atoms with E-state index < -0.39 is 11.2 Å². The summed E-state index contributed by atoms with van der Waals surface area (Å²) in [5.41, 5.74) is 2.69. The molecule has 0 saturated heterocycles. The minimum absolute atomic E-state index is 0.232. The second kappa shape index (κ2) is 5.37. The largest absolute Gasteiger partial charge is 0.611 e. The van der Waals surface area contributed by atoms with Crippen LogP contribution in [0.15, 0.2) is 47.6 Å². The van der Waals surface area contributed by atoms with Gasteiger partial charge in [0.25, 0.3) is 0 Å². The summed E-state index contributed by atoms with van der Waals surface area (Å²) in [5, 5.41) is 0. The minimum Gasteiger partial charge on any atom is -0.611 e. The number of H-pyrrole nitrogens is 1. The Balaban J connectivity index is 1.93. The summed E-state index contributed by atoms with van der Waals surface area (Å²) in [6.07, 6.45) is 8.60. The van der Waals surface area contributed by atoms with Gasteiger partial charge in [0.1, 0.15) is 11.3 Å². The van der Waals surface area contributed by atoms with Crippen LogP contribution in [0, 0.1) is 12.3 Å². The van der Waals surface area contributed by atoms with E-state index in [0.717, 1.165) is 27.3 Å². The Labute approximate surface area is 119 Å². The summed E-state index contributed by atoms with van der Waals surface area (Å²) >= 11 is -1.14. The van der Waals surface area contributed by atoms with Crippen LogP contribution >= 0.6 is 0 Å². The van der Waals surface area contributed by atoms with Crippen LogP contribution in [0.1, 0.15) is 0 Å². The molecule has 3 aromatic rings. The molecule has 2 aromatic heterocycles. The predicted octanol–water partition coefficient (Wildman–Crippen LogP) is 2.37. The van der Waals surface area contributed by atoms with Crippen molar-refractivity contribution >= 4 is 22.2 Å². The van der Waals surface area contributed by atoms with Gasteiger partial charge in [0.05, 0.1) is 11.7 Å². The van der Waals surface area contributed by atoms with E-state index >= 15 is 0 Å². The number of hydrogen-bond acceptors (Lipinski definition) is 3. The minimum atomic E-state index is -1.14. The number of benzene rings is 1. The van der Waals surface area contributed by atoms with Gasteiger partial charge < -0.3 is 9.54 Å². The third kappa shape index (κ3) is 2.39. The van der Waals surface area contributed by atoms with Crippen molar-refractivity contribution in [2.24, 2.45) is 0 Å². The molecule has 4 nitrogen and oxygen atoms in total. The number of rotatable bonds is 3. The Hall–Kier alpha value is -2.29. The molecule has 0 aliphatic heterocycles. The average molecular weight is 281 g/mol. The lowest BCUT2D eigenvalue weighted by atomic mass is 10.2. The molecule has 3 rings (SSSR count). The second-order valence-corrected chi connectivity index (χ2v) is 5.65. The maximum Gasteiger partial charge on any atom is 0.170 e. The van der Waals surface area contributed by atoms with Crippen LogP contribution in [0.2, 0.25) is 0 Å². The van der Waals surface area contributed by atoms with Gasteiger partial charge in [-0.3, -0.25) is 4.98 Å². The lowest BCUT2D eigenvalue weighted by molar-refractivity contribution is 0.598. The Morgan fingerprint density at radius 2 is 2.05 bits per heavy atom. The van der Waals surface area contributed by atoms with Crippen LogP contribution in [0.4, 0.5) is 0 Å². The molecule has 1 N–H and O–H groups in total. The standard InChI is InChI=1S/C15H11N3OS/c1-2-9-20(19)12-5-3-11(4-6-12)15-17-13-7-8-16-10-14(13)18-15/h1,3-8,10H,9H2,(H,17,18). The van der Waals surface area contributed by atoms with Crippen molar-refractivity contribution in [1.29, 1.82) is 0 Å². The average Bonchev–Trinajstić information content (AvgIpc) is 2.91. The summed E-state index contributed by atoms with van der Waals surface area (Å²) in [7, 11) is 0. The summed E-state index contributed by atoms with van der Waals surface area (Å²) in [6.45, 7) is 0. The fraction of sp³-hybridized carbons (Fsp3) is 0.0667. The van der Waals surface area contributed by atoms with Gasteiger partial charge in [0, 0.05) is 11.8 Å². The van der Waals surface area contributed by atoms with E-state index in [9.17, 15) is 4.55 Å². The van der Waals surface area contributed by atoms with Crippen LogP contribution in [0.3, 0.4) is 0 Å². The van der Waals surface area contributed by atoms with Crippen molar-refractivity contribution in [3.63, 3.8) is 0 Å². The quantitative estimate of drug-likeness (QED) is 0.592. The maximum atomic E-state index is 11.8. The summed E-state index contributed by atoms with van der Waals surface area (Å²) < 4.78 is 11.8. The molecule has 0 bridgehead atoms. The monoisotopic (exact) mass is 281 g/mol. The lowest BCUT2D eigenvalue weighted by Gasteiger charge is -2.07. The SMILES string of the molecule is C#CC[S+]([O-])c1ccc(-c2nc3cnccc3[nH]2)cc1. The van der Waals surface area contributed by atoms with Crippen LogP contribution in [0.5, 0.6) is 0 Å². The zero-order valence-corrected chi connectivity index (χ0v) is 11.4. The number of nitrogens with one attached hydrogen (secondary N) is 1. The molecule has 0 saturated carbocycles. The van der Waals surface area contributed by atoms with Crippen LogP contribution in [-0.2, 0) is 11.2 Å². The fourth-order valence-corrected chi connectivity index (χ4v) is 2.67. The number of pyridine rings is 1. The highest BCUT2D eigenvalue weighted by atomic mass is 32.2. The molecule has 98 valence electrons. The topological polar surface area (TPSA) is 64.6 Å². The molecule has 2 heterocycles. The van der Waals surface area contributed by atoms with Crippen molar-refractivity contribution in [3.05, 3.63) is 42.7 Å². The van der Waals surface area contributed by atoms with Crippen molar-refractivity contribution in [2.75, 3.05) is 5.75 Å². The molecule has 0 radical (unpaired) electrons. The number of terminal acetylenes is 1. The van der Waals surface area contributed by atoms with Crippen molar-refractivity contribution in [1.82, 2.24) is 15.0 Å². The first kappa shape index (κ1) is 12.7. The van der Waals surface area contributed by atoms with Crippen molar-refractivity contribution < 1.29 is 4.55 Å². The predicted molar refractivity (Wildman–Crippen MR) is 79.4 cm³/mol. The van der Waals surface area contributed by atoms with Crippen molar-refractivity contribution in [3.8, 4) is 23.7 Å². The smallest absolute Gasteiger partial charge is 0.170 e.